The Kier molecular flexibility index (Phi) is 6.85. The second kappa shape index (κ2) is 9.62. The van der Waals surface area contributed by atoms with Crippen molar-refractivity contribution in [1.29, 1.82) is 0 Å². The number of sulfonamides is 1. The van der Waals surface area contributed by atoms with Crippen LogP contribution in [-0.4, -0.2) is 19.9 Å². The van der Waals surface area contributed by atoms with Gasteiger partial charge in [0, 0.05) is 39.2 Å². The van der Waals surface area contributed by atoms with E-state index < -0.39 is 15.8 Å². The van der Waals surface area contributed by atoms with Crippen molar-refractivity contribution in [3.05, 3.63) is 87.7 Å². The predicted molar refractivity (Wildman–Crippen MR) is 127 cm³/mol. The molecule has 0 atom stereocenters. The number of rotatable bonds is 8. The molecule has 166 valence electrons. The smallest absolute Gasteiger partial charge is 0.240 e. The van der Waals surface area contributed by atoms with E-state index in [1.165, 1.54) is 36.4 Å². The highest BCUT2D eigenvalue weighted by Crippen LogP contribution is 2.27. The van der Waals surface area contributed by atoms with E-state index in [1.54, 1.807) is 6.07 Å². The summed E-state index contributed by atoms with van der Waals surface area (Å²) in [4.78, 5) is 3.32. The fourth-order valence-electron chi connectivity index (χ4n) is 3.34. The van der Waals surface area contributed by atoms with Crippen LogP contribution in [0.5, 0.6) is 11.5 Å². The SMILES string of the molecule is O=S(=O)(NCCCc1c[nH]c2ccc(Cl)cc12)c1ccc(Oc2cc(F)cc(Br)c2)cc1. The van der Waals surface area contributed by atoms with Crippen LogP contribution in [0.1, 0.15) is 12.0 Å². The minimum Gasteiger partial charge on any atom is -0.457 e. The first-order chi connectivity index (χ1) is 15.3. The van der Waals surface area contributed by atoms with Crippen LogP contribution in [0.2, 0.25) is 5.02 Å². The predicted octanol–water partition coefficient (Wildman–Crippen LogP) is 6.43. The molecule has 4 aromatic rings. The van der Waals surface area contributed by atoms with Crippen LogP contribution in [-0.2, 0) is 16.4 Å². The van der Waals surface area contributed by atoms with Gasteiger partial charge in [0.05, 0.1) is 4.90 Å². The number of hydrogen-bond donors (Lipinski definition) is 2. The molecule has 0 bridgehead atoms. The lowest BCUT2D eigenvalue weighted by molar-refractivity contribution is 0.476. The quantitative estimate of drug-likeness (QED) is 0.255. The van der Waals surface area contributed by atoms with Gasteiger partial charge >= 0.3 is 0 Å². The Hall–Kier alpha value is -2.39. The topological polar surface area (TPSA) is 71.2 Å². The van der Waals surface area contributed by atoms with E-state index in [-0.39, 0.29) is 4.90 Å². The molecule has 9 heteroatoms. The summed E-state index contributed by atoms with van der Waals surface area (Å²) in [5.41, 5.74) is 2.09. The van der Waals surface area contributed by atoms with Gasteiger partial charge in [-0.05, 0) is 73.0 Å². The van der Waals surface area contributed by atoms with Gasteiger partial charge in [-0.3, -0.25) is 0 Å². The summed E-state index contributed by atoms with van der Waals surface area (Å²) >= 11 is 9.28. The van der Waals surface area contributed by atoms with E-state index in [2.05, 4.69) is 25.6 Å². The summed E-state index contributed by atoms with van der Waals surface area (Å²) in [5.74, 6) is 0.275. The van der Waals surface area contributed by atoms with Crippen molar-refractivity contribution in [1.82, 2.24) is 9.71 Å². The molecule has 5 nitrogen and oxygen atoms in total. The molecule has 0 unspecified atom stereocenters. The molecule has 0 saturated carbocycles. The molecule has 1 aromatic heterocycles. The van der Waals surface area contributed by atoms with E-state index >= 15 is 0 Å². The van der Waals surface area contributed by atoms with Crippen LogP contribution >= 0.6 is 27.5 Å². The molecule has 2 N–H and O–H groups in total. The second-order valence-electron chi connectivity index (χ2n) is 7.18. The van der Waals surface area contributed by atoms with E-state index in [4.69, 9.17) is 16.3 Å². The first-order valence-corrected chi connectivity index (χ1v) is 12.4. The van der Waals surface area contributed by atoms with Crippen LogP contribution in [0.15, 0.2) is 76.2 Å². The normalized spacial score (nSPS) is 11.7. The van der Waals surface area contributed by atoms with Gasteiger partial charge < -0.3 is 9.72 Å². The summed E-state index contributed by atoms with van der Waals surface area (Å²) in [6, 6.07) is 15.8. The number of aryl methyl sites for hydroxylation is 1. The molecule has 0 aliphatic heterocycles. The number of H-pyrrole nitrogens is 1. The molecule has 0 fully saturated rings. The highest BCUT2D eigenvalue weighted by atomic mass is 79.9. The number of aromatic nitrogens is 1. The van der Waals surface area contributed by atoms with Crippen molar-refractivity contribution in [2.24, 2.45) is 0 Å². The molecule has 0 radical (unpaired) electrons. The van der Waals surface area contributed by atoms with Gasteiger partial charge in [-0.2, -0.15) is 0 Å². The largest absolute Gasteiger partial charge is 0.457 e. The van der Waals surface area contributed by atoms with Gasteiger partial charge in [-0.15, -0.1) is 0 Å². The standard InChI is InChI=1S/C23H19BrClFN2O3S/c24-16-10-18(26)13-20(11-16)31-19-4-6-21(7-5-19)32(29,30)28-9-1-2-15-14-27-23-8-3-17(25)12-22(15)23/h3-8,10-14,27-28H,1-2,9H2. The Morgan fingerprint density at radius 1 is 1.03 bits per heavy atom. The molecule has 32 heavy (non-hydrogen) atoms. The number of aromatic amines is 1. The number of ether oxygens (including phenoxy) is 1. The van der Waals surface area contributed by atoms with Crippen LogP contribution < -0.4 is 9.46 Å². The maximum absolute atomic E-state index is 13.5. The van der Waals surface area contributed by atoms with Crippen molar-refractivity contribution in [3.63, 3.8) is 0 Å². The zero-order valence-corrected chi connectivity index (χ0v) is 19.9. The summed E-state index contributed by atoms with van der Waals surface area (Å²) in [6.45, 7) is 0.297. The zero-order valence-electron chi connectivity index (χ0n) is 16.7. The highest BCUT2D eigenvalue weighted by Gasteiger charge is 2.14. The fraction of sp³-hybridized carbons (Fsp3) is 0.130. The number of halogens is 3. The third-order valence-electron chi connectivity index (χ3n) is 4.85. The van der Waals surface area contributed by atoms with E-state index in [9.17, 15) is 12.8 Å². The Morgan fingerprint density at radius 3 is 2.56 bits per heavy atom. The number of hydrogen-bond acceptors (Lipinski definition) is 3. The van der Waals surface area contributed by atoms with Crippen molar-refractivity contribution < 1.29 is 17.5 Å². The number of benzene rings is 3. The Morgan fingerprint density at radius 2 is 1.81 bits per heavy atom. The maximum Gasteiger partial charge on any atom is 0.240 e. The third kappa shape index (κ3) is 5.50. The molecule has 0 aliphatic carbocycles. The van der Waals surface area contributed by atoms with Gasteiger partial charge in [0.1, 0.15) is 17.3 Å². The van der Waals surface area contributed by atoms with Crippen molar-refractivity contribution in [2.75, 3.05) is 6.54 Å². The van der Waals surface area contributed by atoms with Crippen molar-refractivity contribution in [3.8, 4) is 11.5 Å². The first-order valence-electron chi connectivity index (χ1n) is 9.79. The fourth-order valence-corrected chi connectivity index (χ4v) is 5.03. The van der Waals surface area contributed by atoms with E-state index in [1.807, 2.05) is 24.4 Å². The van der Waals surface area contributed by atoms with Gasteiger partial charge in [-0.25, -0.2) is 17.5 Å². The summed E-state index contributed by atoms with van der Waals surface area (Å²) < 4.78 is 47.4. The molecular formula is C23H19BrClFN2O3S. The highest BCUT2D eigenvalue weighted by molar-refractivity contribution is 9.10. The average Bonchev–Trinajstić information content (AvgIpc) is 3.13. The second-order valence-corrected chi connectivity index (χ2v) is 10.3. The zero-order chi connectivity index (χ0) is 22.7. The number of nitrogens with one attached hydrogen (secondary N) is 2. The lowest BCUT2D eigenvalue weighted by Gasteiger charge is -2.09. The van der Waals surface area contributed by atoms with E-state index in [0.29, 0.717) is 40.4 Å². The van der Waals surface area contributed by atoms with Gasteiger partial charge in [0.25, 0.3) is 0 Å². The lowest BCUT2D eigenvalue weighted by atomic mass is 10.1. The molecule has 4 rings (SSSR count). The average molecular weight is 538 g/mol. The molecular weight excluding hydrogens is 519 g/mol. The molecule has 0 saturated heterocycles. The molecule has 0 aliphatic rings. The Balaban J connectivity index is 1.34. The third-order valence-corrected chi connectivity index (χ3v) is 7.02. The molecule has 0 spiro atoms. The van der Waals surface area contributed by atoms with Gasteiger partial charge in [0.15, 0.2) is 0 Å². The van der Waals surface area contributed by atoms with Crippen LogP contribution in [0.25, 0.3) is 10.9 Å². The molecule has 1 heterocycles. The summed E-state index contributed by atoms with van der Waals surface area (Å²) in [5, 5.41) is 1.71. The number of fused-ring (bicyclic) bond motifs is 1. The van der Waals surface area contributed by atoms with Crippen molar-refractivity contribution in [2.45, 2.75) is 17.7 Å². The minimum absolute atomic E-state index is 0.129. The van der Waals surface area contributed by atoms with Crippen LogP contribution in [0.4, 0.5) is 4.39 Å². The van der Waals surface area contributed by atoms with Crippen LogP contribution in [0, 0.1) is 5.82 Å². The van der Waals surface area contributed by atoms with Crippen molar-refractivity contribution >= 4 is 48.5 Å². The molecule has 0 amide bonds. The van der Waals surface area contributed by atoms with Gasteiger partial charge in [-0.1, -0.05) is 27.5 Å². The summed E-state index contributed by atoms with van der Waals surface area (Å²) in [7, 11) is -3.66. The lowest BCUT2D eigenvalue weighted by Crippen LogP contribution is -2.25. The Bertz CT molecular complexity index is 1340. The minimum atomic E-state index is -3.66. The van der Waals surface area contributed by atoms with Gasteiger partial charge in [0.2, 0.25) is 10.0 Å². The first kappa shape index (κ1) is 22.8. The molecule has 3 aromatic carbocycles. The Labute approximate surface area is 198 Å². The van der Waals surface area contributed by atoms with Crippen LogP contribution in [0.3, 0.4) is 0 Å². The van der Waals surface area contributed by atoms with E-state index in [0.717, 1.165) is 16.5 Å². The summed E-state index contributed by atoms with van der Waals surface area (Å²) in [6.07, 6.45) is 3.26. The maximum atomic E-state index is 13.5. The monoisotopic (exact) mass is 536 g/mol.